The highest BCUT2D eigenvalue weighted by Gasteiger charge is 2.17. The van der Waals surface area contributed by atoms with E-state index in [-0.39, 0.29) is 30.6 Å². The Kier molecular flexibility index (Phi) is 7.27. The number of carbonyl (C=O) groups excluding carboxylic acids is 2. The predicted molar refractivity (Wildman–Crippen MR) is 92.7 cm³/mol. The number of hydrogen-bond acceptors (Lipinski definition) is 3. The van der Waals surface area contributed by atoms with Crippen LogP contribution in [0.5, 0.6) is 0 Å². The summed E-state index contributed by atoms with van der Waals surface area (Å²) in [6, 6.07) is 8.07. The van der Waals surface area contributed by atoms with Gasteiger partial charge in [0.15, 0.2) is 5.78 Å². The van der Waals surface area contributed by atoms with Crippen molar-refractivity contribution in [2.75, 3.05) is 13.1 Å². The number of rotatable bonds is 9. The summed E-state index contributed by atoms with van der Waals surface area (Å²) in [4.78, 5) is 24.0. The number of Topliss-reactive ketones (excluding diaryl/α,β-unsaturated/α-hetero) is 1. The van der Waals surface area contributed by atoms with E-state index in [0.717, 1.165) is 25.9 Å². The molecule has 0 aliphatic carbocycles. The second-order valence-corrected chi connectivity index (χ2v) is 6.33. The second kappa shape index (κ2) is 9.46. The number of ketones is 1. The van der Waals surface area contributed by atoms with E-state index in [2.05, 4.69) is 17.6 Å². The molecule has 1 fully saturated rings. The molecule has 0 bridgehead atoms. The van der Waals surface area contributed by atoms with Crippen LogP contribution in [0.2, 0.25) is 0 Å². The number of hydrogen-bond donors (Lipinski definition) is 2. The minimum atomic E-state index is -0.0248. The molecular weight excluding hydrogens is 288 g/mol. The molecule has 1 heterocycles. The Bertz CT molecular complexity index is 505. The van der Waals surface area contributed by atoms with Crippen LogP contribution in [-0.4, -0.2) is 30.8 Å². The van der Waals surface area contributed by atoms with Gasteiger partial charge in [-0.15, -0.1) is 0 Å². The molecule has 1 aromatic rings. The summed E-state index contributed by atoms with van der Waals surface area (Å²) in [5, 5.41) is 6.18. The molecule has 0 aromatic heterocycles. The lowest BCUT2D eigenvalue weighted by Gasteiger charge is -2.10. The monoisotopic (exact) mass is 316 g/mol. The fourth-order valence-corrected chi connectivity index (χ4v) is 2.89. The SMILES string of the molecule is CCCCCc1ccc(C(=O)CCC(=O)NC2CCNC2)cc1. The number of nitrogens with one attached hydrogen (secondary N) is 2. The van der Waals surface area contributed by atoms with Gasteiger partial charge in [-0.2, -0.15) is 0 Å². The molecule has 4 heteroatoms. The molecule has 0 spiro atoms. The van der Waals surface area contributed by atoms with Gasteiger partial charge in [0, 0.05) is 31.0 Å². The van der Waals surface area contributed by atoms with Crippen molar-refractivity contribution >= 4 is 11.7 Å². The van der Waals surface area contributed by atoms with Gasteiger partial charge in [-0.05, 0) is 31.4 Å². The standard InChI is InChI=1S/C19H28N2O2/c1-2-3-4-5-15-6-8-16(9-7-15)18(22)10-11-19(23)21-17-12-13-20-14-17/h6-9,17,20H,2-5,10-14H2,1H3,(H,21,23). The third-order valence-electron chi connectivity index (χ3n) is 4.35. The van der Waals surface area contributed by atoms with Crippen LogP contribution in [0.4, 0.5) is 0 Å². The van der Waals surface area contributed by atoms with Crippen LogP contribution in [0.15, 0.2) is 24.3 Å². The van der Waals surface area contributed by atoms with Crippen LogP contribution in [0.25, 0.3) is 0 Å². The normalized spacial score (nSPS) is 17.2. The molecule has 2 rings (SSSR count). The van der Waals surface area contributed by atoms with Gasteiger partial charge in [0.25, 0.3) is 0 Å². The summed E-state index contributed by atoms with van der Waals surface area (Å²) in [5.74, 6) is 0.0213. The fourth-order valence-electron chi connectivity index (χ4n) is 2.89. The summed E-state index contributed by atoms with van der Waals surface area (Å²) < 4.78 is 0. The minimum Gasteiger partial charge on any atom is -0.352 e. The maximum Gasteiger partial charge on any atom is 0.220 e. The molecule has 1 aliphatic heterocycles. The van der Waals surface area contributed by atoms with Crippen molar-refractivity contribution in [1.29, 1.82) is 0 Å². The average molecular weight is 316 g/mol. The van der Waals surface area contributed by atoms with E-state index in [1.165, 1.54) is 24.8 Å². The first-order valence-electron chi connectivity index (χ1n) is 8.81. The van der Waals surface area contributed by atoms with Crippen molar-refractivity contribution in [1.82, 2.24) is 10.6 Å². The summed E-state index contributed by atoms with van der Waals surface area (Å²) in [6.45, 7) is 3.98. The number of unbranched alkanes of at least 4 members (excludes halogenated alkanes) is 2. The quantitative estimate of drug-likeness (QED) is 0.544. The molecule has 1 amide bonds. The van der Waals surface area contributed by atoms with Crippen molar-refractivity contribution in [2.24, 2.45) is 0 Å². The van der Waals surface area contributed by atoms with Crippen LogP contribution in [0, 0.1) is 0 Å². The minimum absolute atomic E-state index is 0.0248. The summed E-state index contributed by atoms with van der Waals surface area (Å²) >= 11 is 0. The first-order valence-corrected chi connectivity index (χ1v) is 8.81. The third-order valence-corrected chi connectivity index (χ3v) is 4.35. The maximum atomic E-state index is 12.2. The summed E-state index contributed by atoms with van der Waals surface area (Å²) in [7, 11) is 0. The van der Waals surface area contributed by atoms with Gasteiger partial charge in [0.05, 0.1) is 0 Å². The Morgan fingerprint density at radius 2 is 1.96 bits per heavy atom. The Balaban J connectivity index is 1.73. The van der Waals surface area contributed by atoms with Gasteiger partial charge in [-0.3, -0.25) is 9.59 Å². The average Bonchev–Trinajstić information content (AvgIpc) is 3.06. The molecule has 1 unspecified atom stereocenters. The maximum absolute atomic E-state index is 12.2. The molecular formula is C19H28N2O2. The fraction of sp³-hybridized carbons (Fsp3) is 0.579. The highest BCUT2D eigenvalue weighted by Crippen LogP contribution is 2.11. The number of benzene rings is 1. The Morgan fingerprint density at radius 3 is 2.61 bits per heavy atom. The Hall–Kier alpha value is -1.68. The first-order chi connectivity index (χ1) is 11.2. The third kappa shape index (κ3) is 6.14. The van der Waals surface area contributed by atoms with Crippen molar-refractivity contribution in [3.05, 3.63) is 35.4 Å². The number of amides is 1. The van der Waals surface area contributed by atoms with Crippen molar-refractivity contribution in [3.63, 3.8) is 0 Å². The lowest BCUT2D eigenvalue weighted by molar-refractivity contribution is -0.121. The molecule has 1 atom stereocenters. The van der Waals surface area contributed by atoms with E-state index in [1.807, 2.05) is 24.3 Å². The topological polar surface area (TPSA) is 58.2 Å². The highest BCUT2D eigenvalue weighted by atomic mass is 16.2. The van der Waals surface area contributed by atoms with E-state index in [0.29, 0.717) is 5.56 Å². The lowest BCUT2D eigenvalue weighted by Crippen LogP contribution is -2.36. The zero-order valence-corrected chi connectivity index (χ0v) is 14.1. The zero-order chi connectivity index (χ0) is 16.5. The molecule has 4 nitrogen and oxygen atoms in total. The highest BCUT2D eigenvalue weighted by molar-refractivity contribution is 5.98. The molecule has 0 radical (unpaired) electrons. The van der Waals surface area contributed by atoms with Gasteiger partial charge in [-0.1, -0.05) is 44.0 Å². The van der Waals surface area contributed by atoms with Gasteiger partial charge in [0.1, 0.15) is 0 Å². The predicted octanol–water partition coefficient (Wildman–Crippen LogP) is 2.86. The molecule has 1 aromatic carbocycles. The van der Waals surface area contributed by atoms with E-state index in [4.69, 9.17) is 0 Å². The smallest absolute Gasteiger partial charge is 0.220 e. The molecule has 2 N–H and O–H groups in total. The summed E-state index contributed by atoms with van der Waals surface area (Å²) in [6.07, 6.45) is 6.25. The van der Waals surface area contributed by atoms with Crippen LogP contribution >= 0.6 is 0 Å². The van der Waals surface area contributed by atoms with E-state index >= 15 is 0 Å². The van der Waals surface area contributed by atoms with Crippen molar-refractivity contribution in [3.8, 4) is 0 Å². The molecule has 126 valence electrons. The van der Waals surface area contributed by atoms with Crippen molar-refractivity contribution < 1.29 is 9.59 Å². The number of aryl methyl sites for hydroxylation is 1. The van der Waals surface area contributed by atoms with Gasteiger partial charge < -0.3 is 10.6 Å². The molecule has 23 heavy (non-hydrogen) atoms. The number of carbonyl (C=O) groups is 2. The molecule has 1 aliphatic rings. The second-order valence-electron chi connectivity index (χ2n) is 6.33. The zero-order valence-electron chi connectivity index (χ0n) is 14.1. The van der Waals surface area contributed by atoms with Crippen LogP contribution in [0.1, 0.15) is 61.4 Å². The van der Waals surface area contributed by atoms with Gasteiger partial charge in [0.2, 0.25) is 5.91 Å². The molecule has 0 saturated carbocycles. The van der Waals surface area contributed by atoms with Crippen LogP contribution in [0.3, 0.4) is 0 Å². The van der Waals surface area contributed by atoms with Crippen LogP contribution < -0.4 is 10.6 Å². The largest absolute Gasteiger partial charge is 0.352 e. The van der Waals surface area contributed by atoms with Gasteiger partial charge in [-0.25, -0.2) is 0 Å². The molecule has 1 saturated heterocycles. The summed E-state index contributed by atoms with van der Waals surface area (Å²) in [5.41, 5.74) is 1.99. The van der Waals surface area contributed by atoms with Gasteiger partial charge >= 0.3 is 0 Å². The van der Waals surface area contributed by atoms with E-state index < -0.39 is 0 Å². The Labute approximate surface area is 139 Å². The van der Waals surface area contributed by atoms with E-state index in [1.54, 1.807) is 0 Å². The van der Waals surface area contributed by atoms with Crippen LogP contribution in [-0.2, 0) is 11.2 Å². The Morgan fingerprint density at radius 1 is 1.17 bits per heavy atom. The van der Waals surface area contributed by atoms with E-state index in [9.17, 15) is 9.59 Å². The lowest BCUT2D eigenvalue weighted by atomic mass is 10.0. The first kappa shape index (κ1) is 17.7. The van der Waals surface area contributed by atoms with Crippen molar-refractivity contribution in [2.45, 2.75) is 57.9 Å².